The third-order valence-electron chi connectivity index (χ3n) is 2.59. The molecule has 4 nitrogen and oxygen atoms in total. The van der Waals surface area contributed by atoms with E-state index < -0.39 is 0 Å². The molecule has 0 radical (unpaired) electrons. The van der Waals surface area contributed by atoms with Crippen molar-refractivity contribution >= 4 is 5.78 Å². The highest BCUT2D eigenvalue weighted by atomic mass is 16.6. The van der Waals surface area contributed by atoms with Gasteiger partial charge in [0, 0.05) is 13.0 Å². The second-order valence-corrected chi connectivity index (χ2v) is 3.58. The minimum absolute atomic E-state index is 0.0744. The number of ether oxygens (including phenoxy) is 2. The maximum atomic E-state index is 11.5. The molecule has 2 heterocycles. The van der Waals surface area contributed by atoms with Crippen LogP contribution in [0.5, 0.6) is 0 Å². The van der Waals surface area contributed by atoms with Gasteiger partial charge in [0.1, 0.15) is 6.10 Å². The topological polar surface area (TPSA) is 55.8 Å². The first-order chi connectivity index (χ1) is 6.31. The summed E-state index contributed by atoms with van der Waals surface area (Å²) in [5.74, 6) is 0.0787. The van der Waals surface area contributed by atoms with E-state index in [9.17, 15) is 4.79 Å². The molecule has 13 heavy (non-hydrogen) atoms. The number of aliphatic hydroxyl groups excluding tert-OH is 1. The summed E-state index contributed by atoms with van der Waals surface area (Å²) < 4.78 is 10.8. The van der Waals surface area contributed by atoms with Crippen LogP contribution in [0.3, 0.4) is 0 Å². The van der Waals surface area contributed by atoms with E-state index in [4.69, 9.17) is 14.6 Å². The first kappa shape index (κ1) is 9.12. The fourth-order valence-electron chi connectivity index (χ4n) is 1.94. The van der Waals surface area contributed by atoms with Crippen LogP contribution in [0.1, 0.15) is 19.3 Å². The lowest BCUT2D eigenvalue weighted by Crippen LogP contribution is -2.50. The second kappa shape index (κ2) is 3.74. The molecule has 0 bridgehead atoms. The molecule has 0 aromatic rings. The Morgan fingerprint density at radius 2 is 2.38 bits per heavy atom. The van der Waals surface area contributed by atoms with E-state index in [0.717, 1.165) is 12.8 Å². The van der Waals surface area contributed by atoms with E-state index >= 15 is 0 Å². The smallest absolute Gasteiger partial charge is 0.166 e. The molecule has 74 valence electrons. The van der Waals surface area contributed by atoms with Crippen LogP contribution in [0.15, 0.2) is 0 Å². The van der Waals surface area contributed by atoms with Crippen molar-refractivity contribution in [1.82, 2.24) is 0 Å². The summed E-state index contributed by atoms with van der Waals surface area (Å²) in [4.78, 5) is 11.5. The third kappa shape index (κ3) is 1.75. The molecule has 1 N–H and O–H groups in total. The van der Waals surface area contributed by atoms with E-state index in [1.165, 1.54) is 0 Å². The molecule has 2 saturated heterocycles. The van der Waals surface area contributed by atoms with E-state index in [2.05, 4.69) is 0 Å². The van der Waals surface area contributed by atoms with Gasteiger partial charge in [0.2, 0.25) is 0 Å². The molecule has 0 aliphatic carbocycles. The van der Waals surface area contributed by atoms with Gasteiger partial charge in [-0.05, 0) is 12.8 Å². The van der Waals surface area contributed by atoms with Gasteiger partial charge >= 0.3 is 0 Å². The van der Waals surface area contributed by atoms with Crippen LogP contribution in [0.4, 0.5) is 0 Å². The molecular formula is C9H14O4. The fraction of sp³-hybridized carbons (Fsp3) is 0.889. The minimum atomic E-state index is -0.364. The summed E-state index contributed by atoms with van der Waals surface area (Å²) in [6, 6.07) is 0. The highest BCUT2D eigenvalue weighted by Crippen LogP contribution is 2.26. The van der Waals surface area contributed by atoms with Gasteiger partial charge < -0.3 is 14.6 Å². The number of hydrogen-bond donors (Lipinski definition) is 1. The van der Waals surface area contributed by atoms with Gasteiger partial charge in [-0.25, -0.2) is 0 Å². The normalized spacial score (nSPS) is 40.1. The Balaban J connectivity index is 2.03. The Hall–Kier alpha value is -0.450. The molecule has 3 atom stereocenters. The van der Waals surface area contributed by atoms with Crippen LogP contribution in [-0.4, -0.2) is 42.4 Å². The number of aliphatic hydroxyl groups is 1. The summed E-state index contributed by atoms with van der Waals surface area (Å²) in [5.41, 5.74) is 0. The average molecular weight is 186 g/mol. The zero-order valence-corrected chi connectivity index (χ0v) is 7.44. The van der Waals surface area contributed by atoms with E-state index in [-0.39, 0.29) is 37.1 Å². The highest BCUT2D eigenvalue weighted by Gasteiger charge is 2.39. The van der Waals surface area contributed by atoms with Crippen molar-refractivity contribution in [2.45, 2.75) is 37.6 Å². The Morgan fingerprint density at radius 1 is 1.54 bits per heavy atom. The summed E-state index contributed by atoms with van der Waals surface area (Å²) in [5, 5.41) is 8.88. The quantitative estimate of drug-likeness (QED) is 0.620. The lowest BCUT2D eigenvalue weighted by atomic mass is 9.95. The van der Waals surface area contributed by atoms with Gasteiger partial charge in [-0.3, -0.25) is 4.79 Å². The molecule has 0 aromatic heterocycles. The first-order valence-electron chi connectivity index (χ1n) is 4.72. The van der Waals surface area contributed by atoms with E-state index in [1.807, 2.05) is 0 Å². The largest absolute Gasteiger partial charge is 0.394 e. The maximum Gasteiger partial charge on any atom is 0.166 e. The zero-order chi connectivity index (χ0) is 9.26. The third-order valence-corrected chi connectivity index (χ3v) is 2.59. The lowest BCUT2D eigenvalue weighted by molar-refractivity contribution is -0.181. The van der Waals surface area contributed by atoms with Gasteiger partial charge in [-0.15, -0.1) is 0 Å². The zero-order valence-electron chi connectivity index (χ0n) is 7.44. The van der Waals surface area contributed by atoms with Crippen molar-refractivity contribution in [3.63, 3.8) is 0 Å². The van der Waals surface area contributed by atoms with Crippen LogP contribution < -0.4 is 0 Å². The predicted molar refractivity (Wildman–Crippen MR) is 44.3 cm³/mol. The van der Waals surface area contributed by atoms with Crippen molar-refractivity contribution in [3.8, 4) is 0 Å². The molecular weight excluding hydrogens is 172 g/mol. The van der Waals surface area contributed by atoms with Crippen LogP contribution >= 0.6 is 0 Å². The number of ketones is 1. The molecule has 0 aromatic carbocycles. The summed E-state index contributed by atoms with van der Waals surface area (Å²) in [6.45, 7) is 0.578. The van der Waals surface area contributed by atoms with Gasteiger partial charge in [-0.2, -0.15) is 0 Å². The predicted octanol–water partition coefficient (Wildman–Crippen LogP) is -0.116. The summed E-state index contributed by atoms with van der Waals surface area (Å²) in [7, 11) is 0. The van der Waals surface area contributed by atoms with Crippen molar-refractivity contribution < 1.29 is 19.4 Å². The molecule has 2 rings (SSSR count). The number of rotatable bonds is 1. The van der Waals surface area contributed by atoms with Crippen molar-refractivity contribution in [2.24, 2.45) is 0 Å². The maximum absolute atomic E-state index is 11.5. The second-order valence-electron chi connectivity index (χ2n) is 3.58. The number of hydrogen-bond acceptors (Lipinski definition) is 4. The van der Waals surface area contributed by atoms with Gasteiger partial charge in [0.15, 0.2) is 5.78 Å². The van der Waals surface area contributed by atoms with Crippen molar-refractivity contribution in [1.29, 1.82) is 0 Å². The molecule has 4 heteroatoms. The Bertz CT molecular complexity index is 204. The van der Waals surface area contributed by atoms with Crippen LogP contribution in [0.25, 0.3) is 0 Å². The van der Waals surface area contributed by atoms with Gasteiger partial charge in [-0.1, -0.05) is 0 Å². The Kier molecular flexibility index (Phi) is 2.62. The van der Waals surface area contributed by atoms with Crippen molar-refractivity contribution in [2.75, 3.05) is 13.2 Å². The highest BCUT2D eigenvalue weighted by molar-refractivity contribution is 5.85. The van der Waals surface area contributed by atoms with Crippen LogP contribution in [-0.2, 0) is 14.3 Å². The fourth-order valence-corrected chi connectivity index (χ4v) is 1.94. The van der Waals surface area contributed by atoms with Crippen LogP contribution in [0.2, 0.25) is 0 Å². The molecule has 0 amide bonds. The van der Waals surface area contributed by atoms with E-state index in [1.54, 1.807) is 0 Å². The first-order valence-corrected chi connectivity index (χ1v) is 4.72. The van der Waals surface area contributed by atoms with Gasteiger partial charge in [0.05, 0.1) is 18.8 Å². The van der Waals surface area contributed by atoms with Crippen LogP contribution in [0, 0.1) is 0 Å². The molecule has 2 fully saturated rings. The van der Waals surface area contributed by atoms with Crippen molar-refractivity contribution in [3.05, 3.63) is 0 Å². The van der Waals surface area contributed by atoms with E-state index in [0.29, 0.717) is 6.61 Å². The Morgan fingerprint density at radius 3 is 3.15 bits per heavy atom. The molecule has 2 aliphatic heterocycles. The lowest BCUT2D eigenvalue weighted by Gasteiger charge is -2.37. The number of carbonyl (C=O) groups excluding carboxylic acids is 1. The number of carbonyl (C=O) groups is 1. The monoisotopic (exact) mass is 186 g/mol. The molecule has 0 spiro atoms. The van der Waals surface area contributed by atoms with Gasteiger partial charge in [0.25, 0.3) is 0 Å². The summed E-state index contributed by atoms with van der Waals surface area (Å²) >= 11 is 0. The Labute approximate surface area is 76.8 Å². The molecule has 0 saturated carbocycles. The minimum Gasteiger partial charge on any atom is -0.394 e. The number of Topliss-reactive ketones (excluding diaryl/α,β-unsaturated/α-hetero) is 1. The SMILES string of the molecule is O=C1CC(CO)OC2CCCOC12. The molecule has 3 unspecified atom stereocenters. The summed E-state index contributed by atoms with van der Waals surface area (Å²) in [6.07, 6.45) is 1.30. The standard InChI is InChI=1S/C9H14O4/c10-5-6-4-7(11)9-8(13-6)2-1-3-12-9/h6,8-10H,1-5H2. The average Bonchev–Trinajstić information content (AvgIpc) is 2.18. The number of fused-ring (bicyclic) bond motifs is 1. The molecule has 2 aliphatic rings.